The Morgan fingerprint density at radius 1 is 1.00 bits per heavy atom. The Bertz CT molecular complexity index is 1230. The number of carbonyl (C=O) groups excluding carboxylic acids is 2. The molecule has 0 saturated heterocycles. The lowest BCUT2D eigenvalue weighted by Crippen LogP contribution is -2.22. The second-order valence-electron chi connectivity index (χ2n) is 8.23. The molecule has 0 spiro atoms. The summed E-state index contributed by atoms with van der Waals surface area (Å²) < 4.78 is 16.4. The van der Waals surface area contributed by atoms with Crippen molar-refractivity contribution in [3.8, 4) is 28.4 Å². The zero-order valence-corrected chi connectivity index (χ0v) is 17.7. The van der Waals surface area contributed by atoms with Gasteiger partial charge in [-0.1, -0.05) is 24.3 Å². The van der Waals surface area contributed by atoms with E-state index in [1.165, 1.54) is 0 Å². The first-order valence-electron chi connectivity index (χ1n) is 10.5. The number of primary amides is 1. The quantitative estimate of drug-likeness (QED) is 0.613. The van der Waals surface area contributed by atoms with E-state index in [4.69, 9.17) is 19.9 Å². The maximum absolute atomic E-state index is 13.4. The highest BCUT2D eigenvalue weighted by Gasteiger charge is 2.50. The molecule has 6 heteroatoms. The summed E-state index contributed by atoms with van der Waals surface area (Å²) in [7, 11) is 1.60. The van der Waals surface area contributed by atoms with Crippen LogP contribution in [0.15, 0.2) is 60.7 Å². The van der Waals surface area contributed by atoms with Crippen LogP contribution >= 0.6 is 0 Å². The maximum atomic E-state index is 13.4. The van der Waals surface area contributed by atoms with E-state index >= 15 is 0 Å². The normalized spacial score (nSPS) is 15.3. The van der Waals surface area contributed by atoms with Gasteiger partial charge in [-0.2, -0.15) is 0 Å². The van der Waals surface area contributed by atoms with Gasteiger partial charge < -0.3 is 19.9 Å². The minimum Gasteiger partial charge on any atom is -0.496 e. The summed E-state index contributed by atoms with van der Waals surface area (Å²) in [5, 5.41) is 0. The van der Waals surface area contributed by atoms with E-state index in [0.29, 0.717) is 23.5 Å². The maximum Gasteiger partial charge on any atom is 0.248 e. The van der Waals surface area contributed by atoms with Gasteiger partial charge >= 0.3 is 0 Å². The van der Waals surface area contributed by atoms with Crippen LogP contribution in [0.2, 0.25) is 0 Å². The Hall–Kier alpha value is -3.80. The molecule has 0 unspecified atom stereocenters. The number of amides is 1. The average Bonchev–Trinajstić information content (AvgIpc) is 3.50. The molecule has 5 rings (SSSR count). The third-order valence-electron chi connectivity index (χ3n) is 6.30. The minimum atomic E-state index is -0.489. The molecule has 162 valence electrons. The molecule has 1 saturated carbocycles. The number of hydrogen-bond acceptors (Lipinski definition) is 5. The third-order valence-corrected chi connectivity index (χ3v) is 6.30. The van der Waals surface area contributed by atoms with Crippen molar-refractivity contribution in [3.63, 3.8) is 0 Å². The number of Topliss-reactive ketones (excluding diaryl/α,β-unsaturated/α-hetero) is 1. The molecule has 1 aliphatic carbocycles. The lowest BCUT2D eigenvalue weighted by molar-refractivity contribution is -0.120. The SMILES string of the molecule is COc1ccc(CC(=O)C2(c3ccc4c(c3)OCO4)CC2)cc1-c1cccc(C(N)=O)c1. The van der Waals surface area contributed by atoms with Gasteiger partial charge in [0.05, 0.1) is 12.5 Å². The number of ether oxygens (including phenoxy) is 3. The number of methoxy groups -OCH3 is 1. The largest absolute Gasteiger partial charge is 0.496 e. The molecule has 0 atom stereocenters. The highest BCUT2D eigenvalue weighted by molar-refractivity contribution is 5.96. The van der Waals surface area contributed by atoms with Gasteiger partial charge in [-0.25, -0.2) is 0 Å². The Kier molecular flexibility index (Phi) is 4.85. The van der Waals surface area contributed by atoms with Crippen molar-refractivity contribution >= 4 is 11.7 Å². The van der Waals surface area contributed by atoms with Crippen molar-refractivity contribution in [3.05, 3.63) is 77.4 Å². The minimum absolute atomic E-state index is 0.179. The molecular formula is C26H23NO5. The monoisotopic (exact) mass is 429 g/mol. The summed E-state index contributed by atoms with van der Waals surface area (Å²) in [4.78, 5) is 25.0. The van der Waals surface area contributed by atoms with Crippen LogP contribution < -0.4 is 19.9 Å². The van der Waals surface area contributed by atoms with Crippen LogP contribution in [0.4, 0.5) is 0 Å². The number of carbonyl (C=O) groups is 2. The Balaban J connectivity index is 1.43. The number of fused-ring (bicyclic) bond motifs is 1. The molecule has 6 nitrogen and oxygen atoms in total. The molecule has 1 fully saturated rings. The van der Waals surface area contributed by atoms with Crippen LogP contribution in [0.5, 0.6) is 17.2 Å². The number of nitrogens with two attached hydrogens (primary N) is 1. The second-order valence-corrected chi connectivity index (χ2v) is 8.23. The first kappa shape index (κ1) is 20.1. The van der Waals surface area contributed by atoms with Crippen molar-refractivity contribution in [1.29, 1.82) is 0 Å². The molecule has 1 amide bonds. The smallest absolute Gasteiger partial charge is 0.248 e. The Morgan fingerprint density at radius 3 is 2.56 bits per heavy atom. The van der Waals surface area contributed by atoms with Gasteiger partial charge in [-0.15, -0.1) is 0 Å². The lowest BCUT2D eigenvalue weighted by atomic mass is 9.87. The van der Waals surface area contributed by atoms with Crippen molar-refractivity contribution in [1.82, 2.24) is 0 Å². The van der Waals surface area contributed by atoms with Gasteiger partial charge in [-0.3, -0.25) is 9.59 Å². The molecule has 2 N–H and O–H groups in total. The van der Waals surface area contributed by atoms with Crippen molar-refractivity contribution < 1.29 is 23.8 Å². The van der Waals surface area contributed by atoms with Crippen molar-refractivity contribution in [2.75, 3.05) is 13.9 Å². The second kappa shape index (κ2) is 7.71. The standard InChI is InChI=1S/C26H23NO5/c1-30-21-7-5-16(11-20(21)17-3-2-4-18(13-17)25(27)29)12-24(28)26(9-10-26)19-6-8-22-23(14-19)32-15-31-22/h2-8,11,13-14H,9-10,12,15H2,1H3,(H2,27,29). The summed E-state index contributed by atoms with van der Waals surface area (Å²) in [6.45, 7) is 0.214. The molecule has 2 aliphatic rings. The zero-order chi connectivity index (χ0) is 22.3. The van der Waals surface area contributed by atoms with Crippen LogP contribution in [-0.2, 0) is 16.6 Å². The first-order valence-corrected chi connectivity index (χ1v) is 10.5. The predicted octanol–water partition coefficient (Wildman–Crippen LogP) is 4.03. The molecular weight excluding hydrogens is 406 g/mol. The topological polar surface area (TPSA) is 87.8 Å². The first-order chi connectivity index (χ1) is 15.5. The highest BCUT2D eigenvalue weighted by Crippen LogP contribution is 2.51. The molecule has 1 aliphatic heterocycles. The zero-order valence-electron chi connectivity index (χ0n) is 17.7. The van der Waals surface area contributed by atoms with Gasteiger partial charge in [0, 0.05) is 17.5 Å². The number of ketones is 1. The third kappa shape index (κ3) is 3.47. The van der Waals surface area contributed by atoms with Gasteiger partial charge in [0.15, 0.2) is 11.5 Å². The van der Waals surface area contributed by atoms with Gasteiger partial charge in [0.1, 0.15) is 11.5 Å². The molecule has 32 heavy (non-hydrogen) atoms. The summed E-state index contributed by atoms with van der Waals surface area (Å²) >= 11 is 0. The molecule has 0 bridgehead atoms. The molecule has 0 aromatic heterocycles. The van der Waals surface area contributed by atoms with Crippen LogP contribution in [-0.4, -0.2) is 25.6 Å². The predicted molar refractivity (Wildman–Crippen MR) is 119 cm³/mol. The number of hydrogen-bond donors (Lipinski definition) is 1. The fraction of sp³-hybridized carbons (Fsp3) is 0.231. The molecule has 0 radical (unpaired) electrons. The molecule has 3 aromatic rings. The van der Waals surface area contributed by atoms with Crippen LogP contribution in [0.1, 0.15) is 34.3 Å². The van der Waals surface area contributed by atoms with Crippen molar-refractivity contribution in [2.24, 2.45) is 5.73 Å². The van der Waals surface area contributed by atoms with E-state index in [1.807, 2.05) is 42.5 Å². The van der Waals surface area contributed by atoms with Crippen molar-refractivity contribution in [2.45, 2.75) is 24.7 Å². The van der Waals surface area contributed by atoms with Gasteiger partial charge in [0.25, 0.3) is 0 Å². The molecule has 1 heterocycles. The Morgan fingerprint density at radius 2 is 1.81 bits per heavy atom. The lowest BCUT2D eigenvalue weighted by Gasteiger charge is -2.16. The van der Waals surface area contributed by atoms with Gasteiger partial charge in [-0.05, 0) is 65.9 Å². The summed E-state index contributed by atoms with van der Waals surface area (Å²) in [5.74, 6) is 1.77. The van der Waals surface area contributed by atoms with Crippen LogP contribution in [0.3, 0.4) is 0 Å². The summed E-state index contributed by atoms with van der Waals surface area (Å²) in [6, 6.07) is 18.6. The fourth-order valence-corrected chi connectivity index (χ4v) is 4.33. The highest BCUT2D eigenvalue weighted by atomic mass is 16.7. The average molecular weight is 429 g/mol. The van der Waals surface area contributed by atoms with E-state index in [0.717, 1.165) is 40.8 Å². The summed E-state index contributed by atoms with van der Waals surface area (Å²) in [5.41, 5.74) is 8.89. The number of benzene rings is 3. The van der Waals surface area contributed by atoms with Crippen LogP contribution in [0.25, 0.3) is 11.1 Å². The van der Waals surface area contributed by atoms with E-state index in [2.05, 4.69) is 0 Å². The van der Waals surface area contributed by atoms with E-state index in [-0.39, 0.29) is 12.6 Å². The fourth-order valence-electron chi connectivity index (χ4n) is 4.33. The van der Waals surface area contributed by atoms with Crippen LogP contribution in [0, 0.1) is 0 Å². The van der Waals surface area contributed by atoms with E-state index < -0.39 is 11.3 Å². The van der Waals surface area contributed by atoms with E-state index in [9.17, 15) is 9.59 Å². The van der Waals surface area contributed by atoms with E-state index in [1.54, 1.807) is 25.3 Å². The van der Waals surface area contributed by atoms with Gasteiger partial charge in [0.2, 0.25) is 12.7 Å². The summed E-state index contributed by atoms with van der Waals surface area (Å²) in [6.07, 6.45) is 1.96. The Labute approximate surface area is 185 Å². The molecule has 3 aromatic carbocycles. The number of rotatable bonds is 7.